The average Bonchev–Trinajstić information content (AvgIpc) is 2.61. The molecule has 0 atom stereocenters. The zero-order valence-electron chi connectivity index (χ0n) is 14.2. The van der Waals surface area contributed by atoms with E-state index in [-0.39, 0.29) is 22.2 Å². The van der Waals surface area contributed by atoms with Crippen LogP contribution < -0.4 is 10.1 Å². The van der Waals surface area contributed by atoms with Gasteiger partial charge in [-0.15, -0.1) is 0 Å². The Bertz CT molecular complexity index is 905. The molecule has 0 saturated heterocycles. The van der Waals surface area contributed by atoms with Crippen molar-refractivity contribution in [2.75, 3.05) is 25.5 Å². The minimum absolute atomic E-state index is 0.0153. The van der Waals surface area contributed by atoms with Crippen LogP contribution in [0.3, 0.4) is 0 Å². The quantitative estimate of drug-likeness (QED) is 0.774. The van der Waals surface area contributed by atoms with Crippen LogP contribution in [0.5, 0.6) is 5.75 Å². The largest absolute Gasteiger partial charge is 0.495 e. The molecule has 0 radical (unpaired) electrons. The first-order valence-corrected chi connectivity index (χ1v) is 9.49. The molecule has 1 N–H and O–H groups in total. The van der Waals surface area contributed by atoms with Crippen LogP contribution >= 0.6 is 11.6 Å². The molecule has 26 heavy (non-hydrogen) atoms. The molecule has 0 aliphatic rings. The van der Waals surface area contributed by atoms with Crippen molar-refractivity contribution in [1.82, 2.24) is 4.31 Å². The van der Waals surface area contributed by atoms with E-state index in [1.807, 2.05) is 0 Å². The third-order valence-electron chi connectivity index (χ3n) is 3.58. The Hall–Kier alpha value is -2.16. The summed E-state index contributed by atoms with van der Waals surface area (Å²) in [6, 6.07) is 9.67. The number of amides is 1. The van der Waals surface area contributed by atoms with Crippen molar-refractivity contribution in [2.24, 2.45) is 0 Å². The monoisotopic (exact) mass is 400 g/mol. The van der Waals surface area contributed by atoms with Crippen molar-refractivity contribution in [3.8, 4) is 5.75 Å². The van der Waals surface area contributed by atoms with Gasteiger partial charge in [-0.2, -0.15) is 4.31 Å². The lowest BCUT2D eigenvalue weighted by atomic mass is 10.3. The molecular weight excluding hydrogens is 383 g/mol. The highest BCUT2D eigenvalue weighted by molar-refractivity contribution is 7.89. The SMILES string of the molecule is CCN(CC(=O)Nc1ccccc1F)S(=O)(=O)c1ccc(OC)c(Cl)c1. The molecule has 0 aliphatic heterocycles. The predicted molar refractivity (Wildman–Crippen MR) is 97.5 cm³/mol. The second-order valence-electron chi connectivity index (χ2n) is 5.26. The fraction of sp³-hybridized carbons (Fsp3) is 0.235. The maximum atomic E-state index is 13.6. The molecule has 140 valence electrons. The van der Waals surface area contributed by atoms with E-state index in [9.17, 15) is 17.6 Å². The highest BCUT2D eigenvalue weighted by atomic mass is 35.5. The van der Waals surface area contributed by atoms with Crippen molar-refractivity contribution in [3.05, 3.63) is 53.3 Å². The molecule has 0 bridgehead atoms. The van der Waals surface area contributed by atoms with Gasteiger partial charge in [0, 0.05) is 6.54 Å². The zero-order chi connectivity index (χ0) is 19.3. The van der Waals surface area contributed by atoms with Crippen LogP contribution in [0.1, 0.15) is 6.92 Å². The second kappa shape index (κ2) is 8.48. The Labute approximate surface area is 156 Å². The standard InChI is InChI=1S/C17H18ClFN2O4S/c1-3-21(11-17(22)20-15-7-5-4-6-14(15)19)26(23,24)12-8-9-16(25-2)13(18)10-12/h4-10H,3,11H2,1-2H3,(H,20,22). The maximum absolute atomic E-state index is 13.6. The van der Waals surface area contributed by atoms with Gasteiger partial charge in [0.15, 0.2) is 0 Å². The lowest BCUT2D eigenvalue weighted by molar-refractivity contribution is -0.116. The highest BCUT2D eigenvalue weighted by Crippen LogP contribution is 2.28. The number of halogens is 2. The molecule has 0 saturated carbocycles. The van der Waals surface area contributed by atoms with Gasteiger partial charge in [-0.05, 0) is 30.3 Å². The van der Waals surface area contributed by atoms with Crippen LogP contribution in [0.2, 0.25) is 5.02 Å². The topological polar surface area (TPSA) is 75.7 Å². The molecule has 0 aromatic heterocycles. The minimum atomic E-state index is -3.96. The summed E-state index contributed by atoms with van der Waals surface area (Å²) in [6.45, 7) is 1.19. The maximum Gasteiger partial charge on any atom is 0.243 e. The average molecular weight is 401 g/mol. The predicted octanol–water partition coefficient (Wildman–Crippen LogP) is 3.14. The number of methoxy groups -OCH3 is 1. The van der Waals surface area contributed by atoms with E-state index in [0.29, 0.717) is 5.75 Å². The van der Waals surface area contributed by atoms with Crippen molar-refractivity contribution in [3.63, 3.8) is 0 Å². The number of carbonyl (C=O) groups is 1. The third kappa shape index (κ3) is 4.51. The Kier molecular flexibility index (Phi) is 6.57. The first-order valence-electron chi connectivity index (χ1n) is 7.67. The lowest BCUT2D eigenvalue weighted by Gasteiger charge is -2.20. The van der Waals surface area contributed by atoms with E-state index < -0.39 is 28.3 Å². The highest BCUT2D eigenvalue weighted by Gasteiger charge is 2.26. The van der Waals surface area contributed by atoms with Gasteiger partial charge in [0.25, 0.3) is 0 Å². The molecule has 1 amide bonds. The summed E-state index contributed by atoms with van der Waals surface area (Å²) >= 11 is 5.99. The Morgan fingerprint density at radius 1 is 1.27 bits per heavy atom. The van der Waals surface area contributed by atoms with Crippen molar-refractivity contribution >= 4 is 33.2 Å². The molecule has 2 aromatic carbocycles. The summed E-state index contributed by atoms with van der Waals surface area (Å²) in [5, 5.41) is 2.50. The number of anilines is 1. The van der Waals surface area contributed by atoms with Gasteiger partial charge in [0.1, 0.15) is 11.6 Å². The first-order chi connectivity index (χ1) is 12.3. The Morgan fingerprint density at radius 2 is 1.96 bits per heavy atom. The normalized spacial score (nSPS) is 11.4. The molecule has 6 nitrogen and oxygen atoms in total. The summed E-state index contributed by atoms with van der Waals surface area (Å²) in [7, 11) is -2.54. The summed E-state index contributed by atoms with van der Waals surface area (Å²) in [5.41, 5.74) is -0.0153. The molecule has 2 aromatic rings. The van der Waals surface area contributed by atoms with Gasteiger partial charge in [-0.1, -0.05) is 30.7 Å². The van der Waals surface area contributed by atoms with Gasteiger partial charge in [-0.3, -0.25) is 4.79 Å². The van der Waals surface area contributed by atoms with Crippen LogP contribution in [0.4, 0.5) is 10.1 Å². The van der Waals surface area contributed by atoms with E-state index in [2.05, 4.69) is 5.32 Å². The summed E-state index contributed by atoms with van der Waals surface area (Å²) in [4.78, 5) is 12.1. The minimum Gasteiger partial charge on any atom is -0.495 e. The van der Waals surface area contributed by atoms with Gasteiger partial charge in [-0.25, -0.2) is 12.8 Å². The van der Waals surface area contributed by atoms with Gasteiger partial charge in [0.2, 0.25) is 15.9 Å². The van der Waals surface area contributed by atoms with Crippen LogP contribution in [0.25, 0.3) is 0 Å². The molecule has 0 unspecified atom stereocenters. The second-order valence-corrected chi connectivity index (χ2v) is 7.60. The number of para-hydroxylation sites is 1. The number of nitrogens with zero attached hydrogens (tertiary/aromatic N) is 1. The van der Waals surface area contributed by atoms with Crippen LogP contribution in [0.15, 0.2) is 47.4 Å². The number of nitrogens with one attached hydrogen (secondary N) is 1. The summed E-state index contributed by atoms with van der Waals surface area (Å²) in [5.74, 6) is -0.917. The van der Waals surface area contributed by atoms with E-state index in [0.717, 1.165) is 4.31 Å². The molecular formula is C17H18ClFN2O4S. The zero-order valence-corrected chi connectivity index (χ0v) is 15.8. The van der Waals surface area contributed by atoms with Gasteiger partial charge >= 0.3 is 0 Å². The van der Waals surface area contributed by atoms with Crippen LogP contribution in [0, 0.1) is 5.82 Å². The molecule has 2 rings (SSSR count). The Morgan fingerprint density at radius 3 is 2.54 bits per heavy atom. The fourth-order valence-corrected chi connectivity index (χ4v) is 3.99. The number of likely N-dealkylation sites (N-methyl/N-ethyl adjacent to an activating group) is 1. The Balaban J connectivity index is 2.19. The van der Waals surface area contributed by atoms with E-state index in [1.54, 1.807) is 13.0 Å². The molecule has 0 fully saturated rings. The van der Waals surface area contributed by atoms with E-state index in [4.69, 9.17) is 16.3 Å². The molecule has 0 aliphatic carbocycles. The number of sulfonamides is 1. The number of hydrogen-bond donors (Lipinski definition) is 1. The number of benzene rings is 2. The summed E-state index contributed by atoms with van der Waals surface area (Å²) < 4.78 is 45.1. The molecule has 9 heteroatoms. The van der Waals surface area contributed by atoms with Crippen LogP contribution in [-0.2, 0) is 14.8 Å². The number of carbonyl (C=O) groups excluding carboxylic acids is 1. The van der Waals surface area contributed by atoms with Gasteiger partial charge < -0.3 is 10.1 Å². The van der Waals surface area contributed by atoms with Crippen molar-refractivity contribution < 1.29 is 22.3 Å². The summed E-state index contributed by atoms with van der Waals surface area (Å²) in [6.07, 6.45) is 0. The third-order valence-corrected chi connectivity index (χ3v) is 5.79. The van der Waals surface area contributed by atoms with E-state index >= 15 is 0 Å². The van der Waals surface area contributed by atoms with Crippen LogP contribution in [-0.4, -0.2) is 38.8 Å². The lowest BCUT2D eigenvalue weighted by Crippen LogP contribution is -2.38. The number of hydrogen-bond acceptors (Lipinski definition) is 4. The molecule has 0 heterocycles. The first kappa shape index (κ1) is 20.2. The number of rotatable bonds is 7. The fourth-order valence-electron chi connectivity index (χ4n) is 2.24. The smallest absolute Gasteiger partial charge is 0.243 e. The van der Waals surface area contributed by atoms with Crippen molar-refractivity contribution in [1.29, 1.82) is 0 Å². The van der Waals surface area contributed by atoms with Gasteiger partial charge in [0.05, 0.1) is 29.3 Å². The van der Waals surface area contributed by atoms with E-state index in [1.165, 1.54) is 43.5 Å². The molecule has 0 spiro atoms. The van der Waals surface area contributed by atoms with Crippen molar-refractivity contribution in [2.45, 2.75) is 11.8 Å². The number of ether oxygens (including phenoxy) is 1.